The summed E-state index contributed by atoms with van der Waals surface area (Å²) in [5.74, 6) is 1.18. The lowest BCUT2D eigenvalue weighted by atomic mass is 10.1. The van der Waals surface area contributed by atoms with E-state index in [2.05, 4.69) is 16.4 Å². The van der Waals surface area contributed by atoms with Crippen molar-refractivity contribution in [3.05, 3.63) is 65.2 Å². The molecule has 0 aliphatic rings. The summed E-state index contributed by atoms with van der Waals surface area (Å²) in [6, 6.07) is 17.4. The Morgan fingerprint density at radius 1 is 1.08 bits per heavy atom. The van der Waals surface area contributed by atoms with Crippen molar-refractivity contribution in [1.82, 2.24) is 10.3 Å². The second-order valence-electron chi connectivity index (χ2n) is 5.56. The van der Waals surface area contributed by atoms with E-state index < -0.39 is 0 Å². The molecule has 0 saturated heterocycles. The van der Waals surface area contributed by atoms with Crippen LogP contribution in [-0.2, 0) is 13.2 Å². The van der Waals surface area contributed by atoms with E-state index in [9.17, 15) is 0 Å². The van der Waals surface area contributed by atoms with Gasteiger partial charge >= 0.3 is 0 Å². The van der Waals surface area contributed by atoms with E-state index >= 15 is 0 Å². The van der Waals surface area contributed by atoms with Gasteiger partial charge in [0.25, 0.3) is 0 Å². The van der Waals surface area contributed by atoms with Gasteiger partial charge < -0.3 is 15.8 Å². The first-order valence-corrected chi connectivity index (χ1v) is 7.64. The molecule has 3 aromatic rings. The first kappa shape index (κ1) is 21.5. The average molecular weight is 391 g/mol. The second-order valence-corrected chi connectivity index (χ2v) is 5.56. The third kappa shape index (κ3) is 5.24. The maximum Gasteiger partial charge on any atom is 0.124 e. The number of pyridine rings is 1. The van der Waals surface area contributed by atoms with E-state index in [1.165, 1.54) is 0 Å². The van der Waals surface area contributed by atoms with Gasteiger partial charge in [-0.1, -0.05) is 12.1 Å². The largest absolute Gasteiger partial charge is 0.489 e. The summed E-state index contributed by atoms with van der Waals surface area (Å²) in [5, 5.41) is 13.3. The summed E-state index contributed by atoms with van der Waals surface area (Å²) in [7, 11) is 1.87. The Morgan fingerprint density at radius 2 is 1.85 bits per heavy atom. The van der Waals surface area contributed by atoms with Crippen LogP contribution in [0.15, 0.2) is 48.5 Å². The van der Waals surface area contributed by atoms with Crippen molar-refractivity contribution in [3.63, 3.8) is 0 Å². The fraction of sp³-hybridized carbons (Fsp3) is 0.158. The van der Waals surface area contributed by atoms with E-state index in [0.29, 0.717) is 30.3 Å². The lowest BCUT2D eigenvalue weighted by Crippen LogP contribution is -2.06. The molecule has 0 spiro atoms. The van der Waals surface area contributed by atoms with Crippen LogP contribution in [0.2, 0.25) is 0 Å². The van der Waals surface area contributed by atoms with E-state index in [1.54, 1.807) is 12.1 Å². The van der Waals surface area contributed by atoms with Gasteiger partial charge in [0.1, 0.15) is 18.2 Å². The number of nitrogens with two attached hydrogens (primary N) is 1. The number of nitrogen functional groups attached to an aromatic ring is 1. The van der Waals surface area contributed by atoms with Gasteiger partial charge in [0.2, 0.25) is 0 Å². The average Bonchev–Trinajstić information content (AvgIpc) is 2.59. The van der Waals surface area contributed by atoms with E-state index in [-0.39, 0.29) is 24.8 Å². The predicted molar refractivity (Wildman–Crippen MR) is 109 cm³/mol. The monoisotopic (exact) mass is 390 g/mol. The smallest absolute Gasteiger partial charge is 0.124 e. The molecule has 3 rings (SSSR count). The van der Waals surface area contributed by atoms with E-state index in [4.69, 9.17) is 15.7 Å². The minimum atomic E-state index is 0. The van der Waals surface area contributed by atoms with Crippen LogP contribution in [0.4, 0.5) is 5.82 Å². The number of rotatable bonds is 5. The van der Waals surface area contributed by atoms with Crippen LogP contribution in [0, 0.1) is 11.3 Å². The van der Waals surface area contributed by atoms with Crippen LogP contribution >= 0.6 is 24.8 Å². The number of aromatic nitrogens is 1. The molecular weight excluding hydrogens is 371 g/mol. The molecule has 0 aliphatic carbocycles. The third-order valence-corrected chi connectivity index (χ3v) is 3.66. The van der Waals surface area contributed by atoms with Crippen LogP contribution in [-0.4, -0.2) is 12.0 Å². The maximum atomic E-state index is 9.14. The third-order valence-electron chi connectivity index (χ3n) is 3.66. The molecular formula is C19H20Cl2N4O. The fourth-order valence-electron chi connectivity index (χ4n) is 2.55. The van der Waals surface area contributed by atoms with Crippen LogP contribution in [0.25, 0.3) is 10.9 Å². The predicted octanol–water partition coefficient (Wildman–Crippen LogP) is 3.83. The number of fused-ring (bicyclic) bond motifs is 1. The number of nitriles is 1. The lowest BCUT2D eigenvalue weighted by Gasteiger charge is -2.10. The molecule has 0 bridgehead atoms. The molecule has 2 aromatic carbocycles. The normalized spacial score (nSPS) is 9.69. The number of nitrogens with zero attached hydrogens (tertiary/aromatic N) is 2. The molecule has 0 atom stereocenters. The standard InChI is InChI=1S/C19H18N4O.2ClH/c1-22-11-15-6-14(10-20)7-17(8-15)24-12-13-2-3-16-4-5-19(21)23-18(16)9-13;;/h2-9,22H,11-12H2,1H3,(H2,21,23);2*1H. The summed E-state index contributed by atoms with van der Waals surface area (Å²) >= 11 is 0. The number of halogens is 2. The van der Waals surface area contributed by atoms with Gasteiger partial charge in [-0.2, -0.15) is 5.26 Å². The van der Waals surface area contributed by atoms with Crippen molar-refractivity contribution in [2.75, 3.05) is 12.8 Å². The molecule has 7 heteroatoms. The fourth-order valence-corrected chi connectivity index (χ4v) is 2.55. The summed E-state index contributed by atoms with van der Waals surface area (Å²) in [4.78, 5) is 4.33. The Morgan fingerprint density at radius 3 is 2.58 bits per heavy atom. The van der Waals surface area contributed by atoms with Gasteiger partial charge in [-0.3, -0.25) is 0 Å². The van der Waals surface area contributed by atoms with Gasteiger partial charge in [0.05, 0.1) is 17.1 Å². The number of hydrogen-bond donors (Lipinski definition) is 2. The molecule has 0 saturated carbocycles. The summed E-state index contributed by atoms with van der Waals surface area (Å²) in [6.45, 7) is 1.09. The van der Waals surface area contributed by atoms with Crippen molar-refractivity contribution in [2.24, 2.45) is 0 Å². The number of nitrogens with one attached hydrogen (secondary N) is 1. The highest BCUT2D eigenvalue weighted by Crippen LogP contribution is 2.20. The molecule has 1 heterocycles. The summed E-state index contributed by atoms with van der Waals surface area (Å²) in [5.41, 5.74) is 9.18. The minimum absolute atomic E-state index is 0. The van der Waals surface area contributed by atoms with Gasteiger partial charge in [-0.05, 0) is 54.6 Å². The SMILES string of the molecule is CNCc1cc(C#N)cc(OCc2ccc3ccc(N)nc3c2)c1.Cl.Cl. The molecule has 0 fully saturated rings. The van der Waals surface area contributed by atoms with Crippen molar-refractivity contribution < 1.29 is 4.74 Å². The van der Waals surface area contributed by atoms with Gasteiger partial charge in [0.15, 0.2) is 0 Å². The van der Waals surface area contributed by atoms with Gasteiger partial charge in [-0.15, -0.1) is 24.8 Å². The van der Waals surface area contributed by atoms with E-state index in [0.717, 1.165) is 22.0 Å². The van der Waals surface area contributed by atoms with Crippen LogP contribution in [0.3, 0.4) is 0 Å². The zero-order chi connectivity index (χ0) is 16.9. The van der Waals surface area contributed by atoms with Crippen molar-refractivity contribution in [1.29, 1.82) is 5.26 Å². The highest BCUT2D eigenvalue weighted by atomic mass is 35.5. The molecule has 0 aliphatic heterocycles. The van der Waals surface area contributed by atoms with Crippen molar-refractivity contribution in [3.8, 4) is 11.8 Å². The Hall–Kier alpha value is -2.52. The number of hydrogen-bond acceptors (Lipinski definition) is 5. The molecule has 5 nitrogen and oxygen atoms in total. The molecule has 3 N–H and O–H groups in total. The summed E-state index contributed by atoms with van der Waals surface area (Å²) < 4.78 is 5.86. The number of ether oxygens (including phenoxy) is 1. The van der Waals surface area contributed by atoms with Crippen molar-refractivity contribution >= 4 is 41.5 Å². The van der Waals surface area contributed by atoms with Gasteiger partial charge in [-0.25, -0.2) is 4.98 Å². The zero-order valence-electron chi connectivity index (χ0n) is 14.2. The molecule has 0 radical (unpaired) electrons. The molecule has 0 amide bonds. The molecule has 136 valence electrons. The van der Waals surface area contributed by atoms with Gasteiger partial charge in [0, 0.05) is 11.9 Å². The van der Waals surface area contributed by atoms with Crippen LogP contribution in [0.5, 0.6) is 5.75 Å². The minimum Gasteiger partial charge on any atom is -0.489 e. The van der Waals surface area contributed by atoms with Crippen LogP contribution < -0.4 is 15.8 Å². The molecule has 26 heavy (non-hydrogen) atoms. The Balaban J connectivity index is 0.00000169. The highest BCUT2D eigenvalue weighted by Gasteiger charge is 2.04. The first-order chi connectivity index (χ1) is 11.7. The van der Waals surface area contributed by atoms with Crippen LogP contribution in [0.1, 0.15) is 16.7 Å². The molecule has 1 aromatic heterocycles. The topological polar surface area (TPSA) is 84.0 Å². The van der Waals surface area contributed by atoms with Crippen molar-refractivity contribution in [2.45, 2.75) is 13.2 Å². The number of anilines is 1. The summed E-state index contributed by atoms with van der Waals surface area (Å²) in [6.07, 6.45) is 0. The first-order valence-electron chi connectivity index (χ1n) is 7.64. The number of benzene rings is 2. The maximum absolute atomic E-state index is 9.14. The zero-order valence-corrected chi connectivity index (χ0v) is 15.9. The van der Waals surface area contributed by atoms with E-state index in [1.807, 2.05) is 43.4 Å². The Labute approximate surface area is 165 Å². The molecule has 0 unspecified atom stereocenters. The Kier molecular flexibility index (Phi) is 8.14. The lowest BCUT2D eigenvalue weighted by molar-refractivity contribution is 0.306. The highest BCUT2D eigenvalue weighted by molar-refractivity contribution is 5.85. The Bertz CT molecular complexity index is 925. The second kappa shape index (κ2) is 9.83. The quantitative estimate of drug-likeness (QED) is 0.691.